The summed E-state index contributed by atoms with van der Waals surface area (Å²) in [4.78, 5) is 11.9. The lowest BCUT2D eigenvalue weighted by molar-refractivity contribution is 0.0937. The third kappa shape index (κ3) is 1.97. The summed E-state index contributed by atoms with van der Waals surface area (Å²) in [6, 6.07) is -0.0294. The monoisotopic (exact) mass is 238 g/mol. The zero-order valence-corrected chi connectivity index (χ0v) is 10.2. The zero-order valence-electron chi connectivity index (χ0n) is 10.2. The lowest BCUT2D eigenvalue weighted by Gasteiger charge is -2.15. The summed E-state index contributed by atoms with van der Waals surface area (Å²) >= 11 is 0. The van der Waals surface area contributed by atoms with Gasteiger partial charge in [-0.25, -0.2) is 0 Å². The molecule has 0 radical (unpaired) electrons. The highest BCUT2D eigenvalue weighted by atomic mass is 16.3. The van der Waals surface area contributed by atoms with Crippen LogP contribution in [0.4, 0.5) is 0 Å². The van der Waals surface area contributed by atoms with Crippen molar-refractivity contribution in [2.24, 2.45) is 0 Å². The van der Waals surface area contributed by atoms with Gasteiger partial charge in [-0.15, -0.1) is 0 Å². The molecule has 0 unspecified atom stereocenters. The second-order valence-electron chi connectivity index (χ2n) is 4.73. The summed E-state index contributed by atoms with van der Waals surface area (Å²) in [7, 11) is 0. The molecular formula is C12H18N2O3. The van der Waals surface area contributed by atoms with Gasteiger partial charge in [0.05, 0.1) is 5.69 Å². The van der Waals surface area contributed by atoms with E-state index in [1.807, 2.05) is 13.8 Å². The van der Waals surface area contributed by atoms with Gasteiger partial charge in [0.15, 0.2) is 5.75 Å². The molecule has 2 rings (SSSR count). The van der Waals surface area contributed by atoms with E-state index in [2.05, 4.69) is 5.32 Å². The average Bonchev–Trinajstić information content (AvgIpc) is 2.51. The Kier molecular flexibility index (Phi) is 3.00. The lowest BCUT2D eigenvalue weighted by Crippen LogP contribution is -2.29. The summed E-state index contributed by atoms with van der Waals surface area (Å²) in [6.45, 7) is 4.33. The van der Waals surface area contributed by atoms with Crippen molar-refractivity contribution in [2.45, 2.75) is 45.7 Å². The molecule has 1 aliphatic rings. The Morgan fingerprint density at radius 3 is 2.65 bits per heavy atom. The van der Waals surface area contributed by atoms with Crippen LogP contribution < -0.4 is 5.32 Å². The van der Waals surface area contributed by atoms with E-state index in [9.17, 15) is 15.0 Å². The van der Waals surface area contributed by atoms with Gasteiger partial charge in [-0.1, -0.05) is 0 Å². The molecular weight excluding hydrogens is 220 g/mol. The van der Waals surface area contributed by atoms with Crippen LogP contribution in [0.25, 0.3) is 0 Å². The number of carbonyl (C=O) groups is 1. The standard InChI is InChI=1S/C12H18N2O3/c1-7(2)13-11(16)9-10(15)8-5-3-4-6-14(8)12(9)17/h7,15,17H,3-6H2,1-2H3,(H,13,16). The number of amides is 1. The largest absolute Gasteiger partial charge is 0.505 e. The molecule has 5 nitrogen and oxygen atoms in total. The Morgan fingerprint density at radius 2 is 2.06 bits per heavy atom. The van der Waals surface area contributed by atoms with Gasteiger partial charge in [-0.2, -0.15) is 0 Å². The highest BCUT2D eigenvalue weighted by molar-refractivity contribution is 6.00. The average molecular weight is 238 g/mol. The quantitative estimate of drug-likeness (QED) is 0.728. The van der Waals surface area contributed by atoms with E-state index < -0.39 is 5.91 Å². The second kappa shape index (κ2) is 4.31. The Morgan fingerprint density at radius 1 is 1.35 bits per heavy atom. The summed E-state index contributed by atoms with van der Waals surface area (Å²) in [6.07, 6.45) is 2.64. The summed E-state index contributed by atoms with van der Waals surface area (Å²) in [5.74, 6) is -0.604. The van der Waals surface area contributed by atoms with E-state index >= 15 is 0 Å². The third-order valence-corrected chi connectivity index (χ3v) is 3.01. The molecule has 0 saturated heterocycles. The second-order valence-corrected chi connectivity index (χ2v) is 4.73. The molecule has 1 aromatic heterocycles. The number of rotatable bonds is 2. The zero-order chi connectivity index (χ0) is 12.6. The molecule has 3 N–H and O–H groups in total. The van der Waals surface area contributed by atoms with Crippen molar-refractivity contribution in [3.8, 4) is 11.6 Å². The van der Waals surface area contributed by atoms with Gasteiger partial charge in [-0.3, -0.25) is 4.79 Å². The van der Waals surface area contributed by atoms with Gasteiger partial charge in [0.25, 0.3) is 5.91 Å². The molecule has 0 aromatic carbocycles. The lowest BCUT2D eigenvalue weighted by atomic mass is 10.1. The minimum Gasteiger partial charge on any atom is -0.505 e. The molecule has 1 aromatic rings. The molecule has 1 aliphatic heterocycles. The van der Waals surface area contributed by atoms with Crippen LogP contribution in [0.15, 0.2) is 0 Å². The van der Waals surface area contributed by atoms with Crippen molar-refractivity contribution in [1.82, 2.24) is 9.88 Å². The van der Waals surface area contributed by atoms with E-state index in [-0.39, 0.29) is 23.2 Å². The predicted molar refractivity (Wildman–Crippen MR) is 63.3 cm³/mol. The number of aromatic hydroxyl groups is 2. The van der Waals surface area contributed by atoms with Gasteiger partial charge in [-0.05, 0) is 33.1 Å². The van der Waals surface area contributed by atoms with Crippen LogP contribution in [0.3, 0.4) is 0 Å². The molecule has 0 fully saturated rings. The van der Waals surface area contributed by atoms with Crippen molar-refractivity contribution in [2.75, 3.05) is 0 Å². The smallest absolute Gasteiger partial charge is 0.260 e. The molecule has 5 heteroatoms. The maximum absolute atomic E-state index is 11.9. The number of hydrogen-bond acceptors (Lipinski definition) is 3. The van der Waals surface area contributed by atoms with Gasteiger partial charge < -0.3 is 20.1 Å². The summed E-state index contributed by atoms with van der Waals surface area (Å²) < 4.78 is 1.63. The highest BCUT2D eigenvalue weighted by Crippen LogP contribution is 2.37. The van der Waals surface area contributed by atoms with Crippen LogP contribution in [0, 0.1) is 0 Å². The Labute approximate surface area is 100 Å². The molecule has 1 amide bonds. The number of nitrogens with zero attached hydrogens (tertiary/aromatic N) is 1. The molecule has 0 spiro atoms. The van der Waals surface area contributed by atoms with Crippen LogP contribution in [-0.2, 0) is 13.0 Å². The van der Waals surface area contributed by atoms with Gasteiger partial charge in [0.1, 0.15) is 5.56 Å². The molecule has 0 bridgehead atoms. The molecule has 2 heterocycles. The van der Waals surface area contributed by atoms with E-state index in [0.717, 1.165) is 12.8 Å². The van der Waals surface area contributed by atoms with E-state index in [4.69, 9.17) is 0 Å². The summed E-state index contributed by atoms with van der Waals surface area (Å²) in [5.41, 5.74) is 0.679. The van der Waals surface area contributed by atoms with Gasteiger partial charge >= 0.3 is 0 Å². The first-order valence-corrected chi connectivity index (χ1v) is 5.96. The molecule has 0 atom stereocenters. The normalized spacial score (nSPS) is 14.8. The van der Waals surface area contributed by atoms with Crippen molar-refractivity contribution in [3.63, 3.8) is 0 Å². The van der Waals surface area contributed by atoms with Crippen molar-refractivity contribution < 1.29 is 15.0 Å². The molecule has 0 aliphatic carbocycles. The fraction of sp³-hybridized carbons (Fsp3) is 0.583. The first-order valence-electron chi connectivity index (χ1n) is 5.96. The Balaban J connectivity index is 2.41. The fourth-order valence-corrected chi connectivity index (χ4v) is 2.24. The number of fused-ring (bicyclic) bond motifs is 1. The fourth-order valence-electron chi connectivity index (χ4n) is 2.24. The number of hydrogen-bond donors (Lipinski definition) is 3. The van der Waals surface area contributed by atoms with Crippen molar-refractivity contribution >= 4 is 5.91 Å². The number of nitrogens with one attached hydrogen (secondary N) is 1. The predicted octanol–water partition coefficient (Wildman–Crippen LogP) is 1.37. The van der Waals surface area contributed by atoms with Crippen molar-refractivity contribution in [1.29, 1.82) is 0 Å². The molecule has 0 saturated carbocycles. The minimum absolute atomic E-state index is 0.00981. The molecule has 17 heavy (non-hydrogen) atoms. The number of aromatic nitrogens is 1. The minimum atomic E-state index is -0.420. The first kappa shape index (κ1) is 11.8. The van der Waals surface area contributed by atoms with Crippen LogP contribution >= 0.6 is 0 Å². The van der Waals surface area contributed by atoms with Crippen LogP contribution in [0.2, 0.25) is 0 Å². The SMILES string of the molecule is CC(C)NC(=O)c1c(O)c2n(c1O)CCCC2. The third-order valence-electron chi connectivity index (χ3n) is 3.01. The van der Waals surface area contributed by atoms with Crippen LogP contribution in [0.5, 0.6) is 11.6 Å². The maximum Gasteiger partial charge on any atom is 0.260 e. The Hall–Kier alpha value is -1.65. The number of carbonyl (C=O) groups excluding carboxylic acids is 1. The van der Waals surface area contributed by atoms with E-state index in [0.29, 0.717) is 18.7 Å². The van der Waals surface area contributed by atoms with Crippen LogP contribution in [0.1, 0.15) is 42.7 Å². The van der Waals surface area contributed by atoms with Gasteiger partial charge in [0, 0.05) is 12.6 Å². The molecule has 94 valence electrons. The Bertz CT molecular complexity index is 420. The maximum atomic E-state index is 11.9. The van der Waals surface area contributed by atoms with E-state index in [1.54, 1.807) is 4.57 Å². The topological polar surface area (TPSA) is 74.5 Å². The van der Waals surface area contributed by atoms with Crippen LogP contribution in [-0.4, -0.2) is 26.7 Å². The summed E-state index contributed by atoms with van der Waals surface area (Å²) in [5, 5.41) is 22.7. The highest BCUT2D eigenvalue weighted by Gasteiger charge is 2.28. The first-order chi connectivity index (χ1) is 8.02. The van der Waals surface area contributed by atoms with E-state index in [1.165, 1.54) is 0 Å². The van der Waals surface area contributed by atoms with Crippen molar-refractivity contribution in [3.05, 3.63) is 11.3 Å². The van der Waals surface area contributed by atoms with Gasteiger partial charge in [0.2, 0.25) is 5.88 Å².